The molecule has 0 unspecified atom stereocenters. The second-order valence-corrected chi connectivity index (χ2v) is 14.0. The number of rotatable bonds is 11. The fourth-order valence-corrected chi connectivity index (χ4v) is 7.23. The third-order valence-corrected chi connectivity index (χ3v) is 8.57. The first-order valence-corrected chi connectivity index (χ1v) is 16.0. The van der Waals surface area contributed by atoms with Gasteiger partial charge in [0.15, 0.2) is 0 Å². The maximum absolute atomic E-state index is 5.15. The van der Waals surface area contributed by atoms with Crippen LogP contribution < -0.4 is 0 Å². The van der Waals surface area contributed by atoms with Crippen LogP contribution in [-0.2, 0) is 20.1 Å². The van der Waals surface area contributed by atoms with Crippen LogP contribution in [0, 0.1) is 29.7 Å². The van der Waals surface area contributed by atoms with Gasteiger partial charge in [-0.3, -0.25) is 4.98 Å². The number of imidazole rings is 1. The molecule has 3 aromatic carbocycles. The van der Waals surface area contributed by atoms with Gasteiger partial charge in [0.25, 0.3) is 0 Å². The predicted molar refractivity (Wildman–Crippen MR) is 178 cm³/mol. The number of para-hydroxylation sites is 1. The fourth-order valence-electron chi connectivity index (χ4n) is 7.23. The first-order chi connectivity index (χ1) is 19.7. The number of aromatic nitrogens is 2. The summed E-state index contributed by atoms with van der Waals surface area (Å²) in [4.78, 5) is 5.15. The SMILES string of the molecule is CC(C)CC(CC(C)C)c1cccc(C(CC(C)C)CC(C)C)c1-c1cnc2c3[c-]cccc3c3ccccc3n12.[Ir]. The minimum absolute atomic E-state index is 0. The Bertz CT molecular complexity index is 1560. The van der Waals surface area contributed by atoms with Crippen molar-refractivity contribution in [2.75, 3.05) is 0 Å². The number of benzene rings is 3. The third kappa shape index (κ3) is 6.68. The summed E-state index contributed by atoms with van der Waals surface area (Å²) in [6, 6.07) is 25.9. The maximum atomic E-state index is 5.15. The van der Waals surface area contributed by atoms with Gasteiger partial charge in [-0.15, -0.1) is 29.7 Å². The van der Waals surface area contributed by atoms with Gasteiger partial charge >= 0.3 is 0 Å². The van der Waals surface area contributed by atoms with Gasteiger partial charge in [-0.05, 0) is 83.8 Å². The van der Waals surface area contributed by atoms with Gasteiger partial charge in [-0.2, -0.15) is 0 Å². The summed E-state index contributed by atoms with van der Waals surface area (Å²) in [5.74, 6) is 3.57. The number of hydrogen-bond donors (Lipinski definition) is 0. The van der Waals surface area contributed by atoms with Crippen LogP contribution in [0.2, 0.25) is 0 Å². The minimum Gasteiger partial charge on any atom is -0.333 e. The van der Waals surface area contributed by atoms with Crippen molar-refractivity contribution in [3.8, 4) is 11.3 Å². The van der Waals surface area contributed by atoms with Crippen molar-refractivity contribution >= 4 is 27.3 Å². The van der Waals surface area contributed by atoms with Crippen LogP contribution in [0.1, 0.15) is 104 Å². The van der Waals surface area contributed by atoms with E-state index in [-0.39, 0.29) is 20.1 Å². The molecule has 0 fully saturated rings. The zero-order chi connectivity index (χ0) is 29.3. The molecule has 0 atom stereocenters. The van der Waals surface area contributed by atoms with E-state index >= 15 is 0 Å². The summed E-state index contributed by atoms with van der Waals surface area (Å²) < 4.78 is 2.44. The van der Waals surface area contributed by atoms with E-state index in [1.165, 1.54) is 64.4 Å². The monoisotopic (exact) mass is 738 g/mol. The van der Waals surface area contributed by atoms with Crippen molar-refractivity contribution in [1.82, 2.24) is 9.38 Å². The summed E-state index contributed by atoms with van der Waals surface area (Å²) >= 11 is 0. The van der Waals surface area contributed by atoms with E-state index in [1.54, 1.807) is 0 Å². The topological polar surface area (TPSA) is 17.3 Å². The van der Waals surface area contributed by atoms with Crippen LogP contribution in [0.15, 0.2) is 66.9 Å². The molecule has 0 amide bonds. The average Bonchev–Trinajstić information content (AvgIpc) is 3.36. The molecule has 0 spiro atoms. The van der Waals surface area contributed by atoms with Gasteiger partial charge in [0.05, 0.1) is 11.3 Å². The summed E-state index contributed by atoms with van der Waals surface area (Å²) in [5, 5.41) is 3.57. The Morgan fingerprint density at radius 2 is 1.17 bits per heavy atom. The first kappa shape index (κ1) is 32.4. The van der Waals surface area contributed by atoms with Crippen molar-refractivity contribution < 1.29 is 20.1 Å². The molecule has 3 heteroatoms. The van der Waals surface area contributed by atoms with E-state index in [4.69, 9.17) is 4.98 Å². The van der Waals surface area contributed by atoms with E-state index in [2.05, 4.69) is 127 Å². The molecule has 2 aromatic heterocycles. The molecular formula is C39H49IrN2-. The van der Waals surface area contributed by atoms with E-state index in [1.807, 2.05) is 6.07 Å². The molecule has 0 aliphatic carbocycles. The van der Waals surface area contributed by atoms with E-state index in [0.29, 0.717) is 35.5 Å². The molecule has 2 heterocycles. The Hall–Kier alpha value is -2.48. The molecule has 0 aliphatic rings. The van der Waals surface area contributed by atoms with Gasteiger partial charge in [-0.1, -0.05) is 97.2 Å². The first-order valence-electron chi connectivity index (χ1n) is 16.0. The van der Waals surface area contributed by atoms with Crippen LogP contribution in [0.4, 0.5) is 0 Å². The zero-order valence-electron chi connectivity index (χ0n) is 26.9. The van der Waals surface area contributed by atoms with Crippen LogP contribution >= 0.6 is 0 Å². The average molecular weight is 738 g/mol. The van der Waals surface area contributed by atoms with Crippen LogP contribution in [0.25, 0.3) is 38.6 Å². The fraction of sp³-hybridized carbons (Fsp3) is 0.462. The molecule has 5 rings (SSSR count). The van der Waals surface area contributed by atoms with Crippen LogP contribution in [-0.4, -0.2) is 9.38 Å². The van der Waals surface area contributed by atoms with Gasteiger partial charge in [-0.25, -0.2) is 0 Å². The Labute approximate surface area is 267 Å². The molecule has 0 saturated carbocycles. The molecular weight excluding hydrogens is 689 g/mol. The van der Waals surface area contributed by atoms with Crippen molar-refractivity contribution in [2.45, 2.75) is 92.9 Å². The second-order valence-electron chi connectivity index (χ2n) is 14.0. The Balaban J connectivity index is 0.00000405. The molecule has 0 N–H and O–H groups in total. The maximum Gasteiger partial charge on any atom is 0.0639 e. The van der Waals surface area contributed by atoms with E-state index < -0.39 is 0 Å². The van der Waals surface area contributed by atoms with Gasteiger partial charge < -0.3 is 4.40 Å². The molecule has 42 heavy (non-hydrogen) atoms. The summed E-state index contributed by atoms with van der Waals surface area (Å²) in [6.07, 6.45) is 6.95. The molecule has 0 aliphatic heterocycles. The van der Waals surface area contributed by atoms with Crippen LogP contribution in [0.3, 0.4) is 0 Å². The molecule has 1 radical (unpaired) electrons. The van der Waals surface area contributed by atoms with Crippen molar-refractivity contribution in [3.05, 3.63) is 84.1 Å². The van der Waals surface area contributed by atoms with Gasteiger partial charge in [0.2, 0.25) is 0 Å². The second kappa shape index (κ2) is 13.9. The molecule has 5 aromatic rings. The Kier molecular flexibility index (Phi) is 10.7. The number of pyridine rings is 1. The van der Waals surface area contributed by atoms with Gasteiger partial charge in [0, 0.05) is 37.4 Å². The van der Waals surface area contributed by atoms with Crippen molar-refractivity contribution in [1.29, 1.82) is 0 Å². The smallest absolute Gasteiger partial charge is 0.0639 e. The predicted octanol–water partition coefficient (Wildman–Crippen LogP) is 11.5. The zero-order valence-corrected chi connectivity index (χ0v) is 29.3. The number of fused-ring (bicyclic) bond motifs is 6. The summed E-state index contributed by atoms with van der Waals surface area (Å²) in [7, 11) is 0. The quantitative estimate of drug-likeness (QED) is 0.0975. The van der Waals surface area contributed by atoms with E-state index in [9.17, 15) is 0 Å². The normalized spacial score (nSPS) is 12.3. The largest absolute Gasteiger partial charge is 0.333 e. The molecule has 0 saturated heterocycles. The summed E-state index contributed by atoms with van der Waals surface area (Å²) in [5.41, 5.74) is 7.89. The molecule has 0 bridgehead atoms. The number of nitrogens with zero attached hydrogens (tertiary/aromatic N) is 2. The standard InChI is InChI=1S/C39H49N2.Ir/c1-25(2)20-29(21-26(3)4)31-17-13-18-32(30(22-27(5)6)23-28(7)8)38(31)37-24-40-39-35-16-10-9-14-33(35)34-15-11-12-19-36(34)41(37)39;/h9-15,17-19,24-30H,20-23H2,1-8H3;/q-1;. The summed E-state index contributed by atoms with van der Waals surface area (Å²) in [6.45, 7) is 19.0. The van der Waals surface area contributed by atoms with Crippen molar-refractivity contribution in [3.63, 3.8) is 0 Å². The third-order valence-electron chi connectivity index (χ3n) is 8.57. The minimum atomic E-state index is 0. The van der Waals surface area contributed by atoms with Crippen LogP contribution in [0.5, 0.6) is 0 Å². The van der Waals surface area contributed by atoms with Crippen molar-refractivity contribution in [2.24, 2.45) is 23.7 Å². The Morgan fingerprint density at radius 1 is 0.643 bits per heavy atom. The van der Waals surface area contributed by atoms with E-state index in [0.717, 1.165) is 11.0 Å². The Morgan fingerprint density at radius 3 is 1.71 bits per heavy atom. The van der Waals surface area contributed by atoms with Gasteiger partial charge in [0.1, 0.15) is 0 Å². The molecule has 225 valence electrons. The molecule has 2 nitrogen and oxygen atoms in total. The number of hydrogen-bond acceptors (Lipinski definition) is 1.